The van der Waals surface area contributed by atoms with Gasteiger partial charge in [0.15, 0.2) is 4.88 Å². The van der Waals surface area contributed by atoms with Crippen LogP contribution in [0.25, 0.3) is 11.1 Å². The Balaban J connectivity index is 1.99. The van der Waals surface area contributed by atoms with Crippen LogP contribution >= 0.6 is 27.3 Å². The molecule has 0 aliphatic heterocycles. The van der Waals surface area contributed by atoms with E-state index in [0.717, 1.165) is 26.9 Å². The molecule has 8 heteroatoms. The third-order valence-corrected chi connectivity index (χ3v) is 5.96. The highest BCUT2D eigenvalue weighted by atomic mass is 79.9. The highest BCUT2D eigenvalue weighted by Gasteiger charge is 2.21. The first-order valence-corrected chi connectivity index (χ1v) is 11.2. The van der Waals surface area contributed by atoms with Crippen LogP contribution in [0, 0.1) is 0 Å². The fraction of sp³-hybridized carbons (Fsp3) is 0.217. The molecular weight excluding hydrogens is 484 g/mol. The smallest absolute Gasteiger partial charge is 0.349 e. The lowest BCUT2D eigenvalue weighted by atomic mass is 10.00. The van der Waals surface area contributed by atoms with E-state index >= 15 is 0 Å². The van der Waals surface area contributed by atoms with E-state index in [1.165, 1.54) is 13.2 Å². The van der Waals surface area contributed by atoms with Crippen molar-refractivity contribution in [2.75, 3.05) is 20.3 Å². The normalized spacial score (nSPS) is 10.6. The fourth-order valence-corrected chi connectivity index (χ4v) is 4.44. The Hall–Kier alpha value is -2.84. The molecule has 6 nitrogen and oxygen atoms in total. The molecule has 0 amide bonds. The van der Waals surface area contributed by atoms with Gasteiger partial charge in [0.05, 0.1) is 30.8 Å². The number of hydrogen-bond acceptors (Lipinski definition) is 6. The average Bonchev–Trinajstić information content (AvgIpc) is 3.19. The zero-order chi connectivity index (χ0) is 22.5. The van der Waals surface area contributed by atoms with Crippen LogP contribution in [-0.4, -0.2) is 37.2 Å². The third-order valence-electron chi connectivity index (χ3n) is 4.40. The van der Waals surface area contributed by atoms with Gasteiger partial charge in [0.2, 0.25) is 5.78 Å². The zero-order valence-electron chi connectivity index (χ0n) is 17.2. The number of aromatic carboxylic acids is 1. The number of benzene rings is 2. The molecule has 0 fully saturated rings. The molecule has 1 N–H and O–H groups in total. The molecule has 0 aliphatic carbocycles. The highest BCUT2D eigenvalue weighted by molar-refractivity contribution is 9.10. The summed E-state index contributed by atoms with van der Waals surface area (Å²) in [7, 11) is 1.38. The largest absolute Gasteiger partial charge is 0.495 e. The minimum Gasteiger partial charge on any atom is -0.495 e. The summed E-state index contributed by atoms with van der Waals surface area (Å²) >= 11 is 4.38. The lowest BCUT2D eigenvalue weighted by molar-refractivity contribution is 0.0699. The Morgan fingerprint density at radius 3 is 2.00 bits per heavy atom. The summed E-state index contributed by atoms with van der Waals surface area (Å²) in [6.07, 6.45) is 0. The third kappa shape index (κ3) is 4.91. The van der Waals surface area contributed by atoms with Crippen LogP contribution in [0.3, 0.4) is 0 Å². The zero-order valence-corrected chi connectivity index (χ0v) is 19.6. The van der Waals surface area contributed by atoms with Crippen molar-refractivity contribution in [1.29, 1.82) is 0 Å². The monoisotopic (exact) mass is 504 g/mol. The van der Waals surface area contributed by atoms with Crippen molar-refractivity contribution >= 4 is 39.0 Å². The maximum atomic E-state index is 12.9. The molecule has 31 heavy (non-hydrogen) atoms. The molecule has 0 aliphatic rings. The minimum absolute atomic E-state index is 0.0000417. The number of carboxylic acid groups (broad SMARTS) is 1. The number of carbonyl (C=O) groups is 2. The van der Waals surface area contributed by atoms with E-state index in [1.54, 1.807) is 12.1 Å². The molecule has 0 saturated carbocycles. The van der Waals surface area contributed by atoms with Crippen LogP contribution in [0.1, 0.15) is 38.8 Å². The van der Waals surface area contributed by atoms with Gasteiger partial charge in [-0.05, 0) is 31.5 Å². The van der Waals surface area contributed by atoms with Crippen LogP contribution in [0.2, 0.25) is 0 Å². The number of ether oxygens (including phenoxy) is 3. The van der Waals surface area contributed by atoms with Gasteiger partial charge >= 0.3 is 5.97 Å². The van der Waals surface area contributed by atoms with Gasteiger partial charge in [-0.3, -0.25) is 4.79 Å². The number of methoxy groups -OCH3 is 1. The van der Waals surface area contributed by atoms with Crippen molar-refractivity contribution in [2.24, 2.45) is 0 Å². The number of carbonyl (C=O) groups excluding carboxylic acids is 1. The van der Waals surface area contributed by atoms with E-state index in [-0.39, 0.29) is 16.4 Å². The highest BCUT2D eigenvalue weighted by Crippen LogP contribution is 2.41. The minimum atomic E-state index is -1.13. The molecule has 3 rings (SSSR count). The second kappa shape index (κ2) is 9.98. The van der Waals surface area contributed by atoms with Gasteiger partial charge in [-0.15, -0.1) is 11.3 Å². The molecule has 162 valence electrons. The van der Waals surface area contributed by atoms with Crippen molar-refractivity contribution in [3.05, 3.63) is 62.3 Å². The van der Waals surface area contributed by atoms with E-state index in [2.05, 4.69) is 15.9 Å². The lowest BCUT2D eigenvalue weighted by Crippen LogP contribution is -2.01. The van der Waals surface area contributed by atoms with Gasteiger partial charge in [-0.2, -0.15) is 0 Å². The Kier molecular flexibility index (Phi) is 7.35. The SMILES string of the molecule is CCOc1cc(Br)cc(OCC)c1-c1ccc(C(=O)c2cc(OC)c(C(=O)O)s2)cc1. The summed E-state index contributed by atoms with van der Waals surface area (Å²) in [5.74, 6) is 0.128. The summed E-state index contributed by atoms with van der Waals surface area (Å²) in [6, 6.07) is 12.3. The van der Waals surface area contributed by atoms with Gasteiger partial charge in [-0.1, -0.05) is 40.2 Å². The molecule has 0 radical (unpaired) electrons. The summed E-state index contributed by atoms with van der Waals surface area (Å²) in [4.78, 5) is 24.5. The van der Waals surface area contributed by atoms with E-state index in [1.807, 2.05) is 38.1 Å². The second-order valence-electron chi connectivity index (χ2n) is 6.36. The van der Waals surface area contributed by atoms with Crippen molar-refractivity contribution in [3.8, 4) is 28.4 Å². The number of thiophene rings is 1. The summed E-state index contributed by atoms with van der Waals surface area (Å²) in [5.41, 5.74) is 2.08. The molecule has 0 spiro atoms. The van der Waals surface area contributed by atoms with Crippen LogP contribution in [0.4, 0.5) is 0 Å². The molecule has 0 atom stereocenters. The summed E-state index contributed by atoms with van der Waals surface area (Å²) < 4.78 is 17.5. The van der Waals surface area contributed by atoms with Gasteiger partial charge < -0.3 is 19.3 Å². The number of halogens is 1. The summed E-state index contributed by atoms with van der Waals surface area (Å²) in [5, 5.41) is 9.28. The number of rotatable bonds is 9. The summed E-state index contributed by atoms with van der Waals surface area (Å²) in [6.45, 7) is 4.82. The Morgan fingerprint density at radius 2 is 1.55 bits per heavy atom. The van der Waals surface area contributed by atoms with Crippen LogP contribution < -0.4 is 14.2 Å². The molecule has 3 aromatic rings. The predicted octanol–water partition coefficient (Wildman–Crippen LogP) is 5.91. The van der Waals surface area contributed by atoms with Crippen molar-refractivity contribution in [1.82, 2.24) is 0 Å². The van der Waals surface area contributed by atoms with Gasteiger partial charge in [0, 0.05) is 16.1 Å². The van der Waals surface area contributed by atoms with E-state index in [0.29, 0.717) is 35.2 Å². The molecular formula is C23H21BrO6S. The first kappa shape index (κ1) is 22.8. The Labute approximate surface area is 192 Å². The lowest BCUT2D eigenvalue weighted by Gasteiger charge is -2.16. The Morgan fingerprint density at radius 1 is 0.968 bits per heavy atom. The molecule has 0 unspecified atom stereocenters. The van der Waals surface area contributed by atoms with E-state index in [9.17, 15) is 14.7 Å². The van der Waals surface area contributed by atoms with Crippen molar-refractivity contribution in [3.63, 3.8) is 0 Å². The standard InChI is InChI=1S/C23H21BrO6S/c1-4-29-16-10-15(24)11-17(30-5-2)20(16)13-6-8-14(9-7-13)21(25)19-12-18(28-3)22(31-19)23(26)27/h6-12H,4-5H2,1-3H3,(H,26,27). The topological polar surface area (TPSA) is 82.1 Å². The number of carboxylic acids is 1. The van der Waals surface area contributed by atoms with Crippen LogP contribution in [0.5, 0.6) is 17.2 Å². The first-order valence-electron chi connectivity index (χ1n) is 9.54. The van der Waals surface area contributed by atoms with Gasteiger partial charge in [-0.25, -0.2) is 4.79 Å². The van der Waals surface area contributed by atoms with E-state index in [4.69, 9.17) is 14.2 Å². The quantitative estimate of drug-likeness (QED) is 0.364. The second-order valence-corrected chi connectivity index (χ2v) is 8.33. The number of hydrogen-bond donors (Lipinski definition) is 1. The van der Waals surface area contributed by atoms with Crippen LogP contribution in [0.15, 0.2) is 46.9 Å². The fourth-order valence-electron chi connectivity index (χ4n) is 3.10. The molecule has 2 aromatic carbocycles. The van der Waals surface area contributed by atoms with Crippen molar-refractivity contribution in [2.45, 2.75) is 13.8 Å². The molecule has 0 bridgehead atoms. The predicted molar refractivity (Wildman–Crippen MR) is 123 cm³/mol. The molecule has 1 aromatic heterocycles. The molecule has 1 heterocycles. The van der Waals surface area contributed by atoms with Gasteiger partial charge in [0.25, 0.3) is 0 Å². The maximum absolute atomic E-state index is 12.9. The molecule has 0 saturated heterocycles. The number of ketones is 1. The van der Waals surface area contributed by atoms with Gasteiger partial charge in [0.1, 0.15) is 17.2 Å². The van der Waals surface area contributed by atoms with E-state index < -0.39 is 5.97 Å². The first-order chi connectivity index (χ1) is 14.9. The van der Waals surface area contributed by atoms with Crippen LogP contribution in [-0.2, 0) is 0 Å². The van der Waals surface area contributed by atoms with Crippen molar-refractivity contribution < 1.29 is 28.9 Å². The average molecular weight is 505 g/mol. The maximum Gasteiger partial charge on any atom is 0.349 e. The Bertz CT molecular complexity index is 1080.